The second-order valence-corrected chi connectivity index (χ2v) is 4.30. The van der Waals surface area contributed by atoms with Gasteiger partial charge in [-0.2, -0.15) is 10.4 Å². The fourth-order valence-electron chi connectivity index (χ4n) is 2.42. The Kier molecular flexibility index (Phi) is 3.34. The highest BCUT2D eigenvalue weighted by molar-refractivity contribution is 5.35. The first kappa shape index (κ1) is 11.9. The number of hydrogen-bond donors (Lipinski definition) is 0. The van der Waals surface area contributed by atoms with Crippen LogP contribution in [0.2, 0.25) is 0 Å². The van der Waals surface area contributed by atoms with E-state index in [1.165, 1.54) is 0 Å². The molecule has 17 heavy (non-hydrogen) atoms. The summed E-state index contributed by atoms with van der Waals surface area (Å²) in [5.41, 5.74) is 1.79. The van der Waals surface area contributed by atoms with Crippen LogP contribution in [-0.2, 0) is 11.8 Å². The van der Waals surface area contributed by atoms with E-state index in [9.17, 15) is 5.26 Å². The highest BCUT2D eigenvalue weighted by atomic mass is 16.5. The Morgan fingerprint density at radius 1 is 1.59 bits per heavy atom. The Bertz CT molecular complexity index is 447. The summed E-state index contributed by atoms with van der Waals surface area (Å²) in [5, 5.41) is 13.5. The first-order valence-corrected chi connectivity index (χ1v) is 5.77. The van der Waals surface area contributed by atoms with Crippen molar-refractivity contribution in [1.29, 1.82) is 5.26 Å². The van der Waals surface area contributed by atoms with Crippen molar-refractivity contribution in [2.24, 2.45) is 13.0 Å². The zero-order chi connectivity index (χ0) is 12.4. The normalized spacial score (nSPS) is 24.4. The van der Waals surface area contributed by atoms with Gasteiger partial charge in [0.25, 0.3) is 0 Å². The lowest BCUT2D eigenvalue weighted by molar-refractivity contribution is -0.0118. The molecule has 0 N–H and O–H groups in total. The van der Waals surface area contributed by atoms with E-state index < -0.39 is 0 Å². The van der Waals surface area contributed by atoms with Gasteiger partial charge in [0.05, 0.1) is 30.4 Å². The van der Waals surface area contributed by atoms with Gasteiger partial charge in [-0.05, 0) is 19.8 Å². The van der Waals surface area contributed by atoms with Crippen LogP contribution in [0.5, 0.6) is 5.88 Å². The van der Waals surface area contributed by atoms with E-state index in [2.05, 4.69) is 11.2 Å². The van der Waals surface area contributed by atoms with Crippen molar-refractivity contribution >= 4 is 0 Å². The van der Waals surface area contributed by atoms with Crippen molar-refractivity contribution in [3.63, 3.8) is 0 Å². The first-order valence-electron chi connectivity index (χ1n) is 5.77. The van der Waals surface area contributed by atoms with Crippen LogP contribution >= 0.6 is 0 Å². The summed E-state index contributed by atoms with van der Waals surface area (Å²) in [5.74, 6) is 0.579. The Morgan fingerprint density at radius 2 is 2.35 bits per heavy atom. The van der Waals surface area contributed by atoms with Crippen LogP contribution in [0.3, 0.4) is 0 Å². The molecule has 0 aromatic carbocycles. The molecule has 2 atom stereocenters. The highest BCUT2D eigenvalue weighted by Gasteiger charge is 2.33. The number of ether oxygens (including phenoxy) is 2. The molecule has 0 aliphatic carbocycles. The summed E-state index contributed by atoms with van der Waals surface area (Å²) < 4.78 is 12.8. The Balaban J connectivity index is 2.41. The maximum Gasteiger partial charge on any atom is 0.217 e. The molecular weight excluding hydrogens is 218 g/mol. The lowest BCUT2D eigenvalue weighted by atomic mass is 9.91. The van der Waals surface area contributed by atoms with Crippen LogP contribution in [-0.4, -0.2) is 23.5 Å². The molecular formula is C12H17N3O2. The van der Waals surface area contributed by atoms with Crippen LogP contribution < -0.4 is 4.74 Å². The van der Waals surface area contributed by atoms with E-state index in [1.54, 1.807) is 11.8 Å². The fourth-order valence-corrected chi connectivity index (χ4v) is 2.42. The molecule has 1 aromatic heterocycles. The van der Waals surface area contributed by atoms with Gasteiger partial charge in [-0.25, -0.2) is 4.68 Å². The van der Waals surface area contributed by atoms with Gasteiger partial charge in [0.2, 0.25) is 5.88 Å². The molecule has 2 unspecified atom stereocenters. The highest BCUT2D eigenvalue weighted by Crippen LogP contribution is 2.39. The molecule has 5 heteroatoms. The number of rotatable bonds is 2. The fraction of sp³-hybridized carbons (Fsp3) is 0.667. The molecule has 0 radical (unpaired) electrons. The summed E-state index contributed by atoms with van der Waals surface area (Å²) in [6.07, 6.45) is 1.60. The van der Waals surface area contributed by atoms with Gasteiger partial charge >= 0.3 is 0 Å². The summed E-state index contributed by atoms with van der Waals surface area (Å²) in [7, 11) is 3.45. The molecule has 1 aliphatic rings. The van der Waals surface area contributed by atoms with E-state index in [1.807, 2.05) is 14.0 Å². The summed E-state index contributed by atoms with van der Waals surface area (Å²) in [4.78, 5) is 0. The Morgan fingerprint density at radius 3 is 3.00 bits per heavy atom. The quantitative estimate of drug-likeness (QED) is 0.783. The molecule has 92 valence electrons. The molecule has 5 nitrogen and oxygen atoms in total. The Labute approximate surface area is 101 Å². The topological polar surface area (TPSA) is 60.1 Å². The summed E-state index contributed by atoms with van der Waals surface area (Å²) in [6.45, 7) is 2.62. The molecule has 0 amide bonds. The number of hydrogen-bond acceptors (Lipinski definition) is 4. The molecule has 1 fully saturated rings. The first-order chi connectivity index (χ1) is 8.19. The van der Waals surface area contributed by atoms with Gasteiger partial charge in [-0.3, -0.25) is 0 Å². The second-order valence-electron chi connectivity index (χ2n) is 4.30. The lowest BCUT2D eigenvalue weighted by Crippen LogP contribution is -2.22. The van der Waals surface area contributed by atoms with Gasteiger partial charge in [-0.15, -0.1) is 0 Å². The maximum atomic E-state index is 9.19. The van der Waals surface area contributed by atoms with E-state index in [4.69, 9.17) is 9.47 Å². The molecule has 0 spiro atoms. The minimum atomic E-state index is -0.211. The van der Waals surface area contributed by atoms with Crippen LogP contribution in [0.25, 0.3) is 0 Å². The average Bonchev–Trinajstić information content (AvgIpc) is 2.63. The van der Waals surface area contributed by atoms with Crippen molar-refractivity contribution in [3.05, 3.63) is 11.3 Å². The van der Waals surface area contributed by atoms with E-state index in [0.717, 1.165) is 24.1 Å². The van der Waals surface area contributed by atoms with E-state index >= 15 is 0 Å². The largest absolute Gasteiger partial charge is 0.481 e. The number of aryl methyl sites for hydroxylation is 2. The third kappa shape index (κ3) is 2.01. The molecule has 2 rings (SSSR count). The van der Waals surface area contributed by atoms with Crippen molar-refractivity contribution in [1.82, 2.24) is 9.78 Å². The van der Waals surface area contributed by atoms with E-state index in [0.29, 0.717) is 12.5 Å². The van der Waals surface area contributed by atoms with Crippen molar-refractivity contribution in [3.8, 4) is 11.9 Å². The van der Waals surface area contributed by atoms with Gasteiger partial charge in [0, 0.05) is 13.7 Å². The Hall–Kier alpha value is -1.54. The zero-order valence-electron chi connectivity index (χ0n) is 10.4. The van der Waals surface area contributed by atoms with Crippen molar-refractivity contribution in [2.75, 3.05) is 13.7 Å². The van der Waals surface area contributed by atoms with Crippen LogP contribution in [0.1, 0.15) is 30.2 Å². The summed E-state index contributed by atoms with van der Waals surface area (Å²) >= 11 is 0. The number of nitrogens with zero attached hydrogens (tertiary/aromatic N) is 3. The number of nitriles is 1. The minimum Gasteiger partial charge on any atom is -0.481 e. The smallest absolute Gasteiger partial charge is 0.217 e. The average molecular weight is 235 g/mol. The number of methoxy groups -OCH3 is 1. The maximum absolute atomic E-state index is 9.19. The van der Waals surface area contributed by atoms with Crippen molar-refractivity contribution < 1.29 is 9.47 Å². The second kappa shape index (κ2) is 4.76. The molecule has 0 bridgehead atoms. The molecule has 1 aliphatic heterocycles. The van der Waals surface area contributed by atoms with Gasteiger partial charge in [0.15, 0.2) is 0 Å². The molecule has 2 heterocycles. The van der Waals surface area contributed by atoms with Gasteiger partial charge < -0.3 is 9.47 Å². The van der Waals surface area contributed by atoms with E-state index in [-0.39, 0.29) is 12.0 Å². The van der Waals surface area contributed by atoms with Crippen molar-refractivity contribution in [2.45, 2.75) is 25.9 Å². The van der Waals surface area contributed by atoms with Crippen LogP contribution in [0.15, 0.2) is 0 Å². The third-order valence-electron chi connectivity index (χ3n) is 3.18. The SMILES string of the molecule is COc1c(C2OCCCC2C#N)c(C)nn1C. The third-order valence-corrected chi connectivity index (χ3v) is 3.18. The van der Waals surface area contributed by atoms with Crippen LogP contribution in [0.4, 0.5) is 0 Å². The molecule has 1 aromatic rings. The van der Waals surface area contributed by atoms with Crippen LogP contribution in [0, 0.1) is 24.2 Å². The zero-order valence-corrected chi connectivity index (χ0v) is 10.4. The predicted molar refractivity (Wildman–Crippen MR) is 61.5 cm³/mol. The predicted octanol–water partition coefficient (Wildman–Crippen LogP) is 1.73. The standard InChI is InChI=1S/C12H17N3O2/c1-8-10(12(16-3)15(2)14-8)11-9(7-13)5-4-6-17-11/h9,11H,4-6H2,1-3H3. The number of aromatic nitrogens is 2. The molecule has 1 saturated heterocycles. The van der Waals surface area contributed by atoms with Gasteiger partial charge in [0.1, 0.15) is 6.10 Å². The summed E-state index contributed by atoms with van der Waals surface area (Å²) in [6, 6.07) is 2.32. The monoisotopic (exact) mass is 235 g/mol. The lowest BCUT2D eigenvalue weighted by Gasteiger charge is -2.27. The minimum absolute atomic E-state index is 0.111. The molecule has 0 saturated carbocycles. The van der Waals surface area contributed by atoms with Gasteiger partial charge in [-0.1, -0.05) is 0 Å².